The standard InChI is InChI=1S/C23H31N5O4/c1-27-11-6-17(26-27)3-4-21(29)25-20-16-28(12-7-23(20)8-13-32-14-9-23)22(30)18-15-24-10-5-19(18)31-2/h5-6,10-11,15,20H,3-4,7-9,12-14,16H2,1-2H3,(H,25,29). The average molecular weight is 442 g/mol. The van der Waals surface area contributed by atoms with E-state index >= 15 is 0 Å². The molecule has 0 bridgehead atoms. The van der Waals surface area contributed by atoms with Gasteiger partial charge in [-0.05, 0) is 36.8 Å². The number of pyridine rings is 1. The average Bonchev–Trinajstić information content (AvgIpc) is 3.24. The summed E-state index contributed by atoms with van der Waals surface area (Å²) in [7, 11) is 3.41. The molecule has 2 fully saturated rings. The van der Waals surface area contributed by atoms with Gasteiger partial charge in [-0.25, -0.2) is 0 Å². The maximum Gasteiger partial charge on any atom is 0.259 e. The molecule has 0 aromatic carbocycles. The Hall–Kier alpha value is -2.94. The van der Waals surface area contributed by atoms with Gasteiger partial charge in [0, 0.05) is 64.8 Å². The van der Waals surface area contributed by atoms with Crippen molar-refractivity contribution < 1.29 is 19.1 Å². The van der Waals surface area contributed by atoms with Crippen molar-refractivity contribution in [2.45, 2.75) is 38.1 Å². The van der Waals surface area contributed by atoms with Crippen LogP contribution in [0, 0.1) is 5.41 Å². The number of aryl methyl sites for hydroxylation is 2. The number of ether oxygens (including phenoxy) is 2. The molecule has 1 N–H and O–H groups in total. The van der Waals surface area contributed by atoms with Crippen molar-refractivity contribution in [3.8, 4) is 5.75 Å². The molecule has 2 aromatic rings. The molecule has 2 aliphatic heterocycles. The van der Waals surface area contributed by atoms with Crippen LogP contribution in [-0.4, -0.2) is 70.9 Å². The number of carbonyl (C=O) groups excluding carboxylic acids is 2. The van der Waals surface area contributed by atoms with Crippen molar-refractivity contribution in [1.82, 2.24) is 25.0 Å². The first-order valence-electron chi connectivity index (χ1n) is 11.1. The summed E-state index contributed by atoms with van der Waals surface area (Å²) in [6.45, 7) is 2.47. The molecular formula is C23H31N5O4. The maximum absolute atomic E-state index is 13.3. The van der Waals surface area contributed by atoms with Crippen LogP contribution in [0.15, 0.2) is 30.7 Å². The molecule has 0 saturated carbocycles. The Morgan fingerprint density at radius 3 is 2.81 bits per heavy atom. The summed E-state index contributed by atoms with van der Waals surface area (Å²) < 4.78 is 12.7. The van der Waals surface area contributed by atoms with Gasteiger partial charge in [0.05, 0.1) is 24.4 Å². The minimum Gasteiger partial charge on any atom is -0.496 e. The zero-order chi connectivity index (χ0) is 22.6. The monoisotopic (exact) mass is 441 g/mol. The Bertz CT molecular complexity index is 953. The molecule has 9 nitrogen and oxygen atoms in total. The second kappa shape index (κ2) is 9.68. The number of nitrogens with one attached hydrogen (secondary N) is 1. The van der Waals surface area contributed by atoms with Gasteiger partial charge in [-0.3, -0.25) is 19.3 Å². The zero-order valence-electron chi connectivity index (χ0n) is 18.7. The second-order valence-corrected chi connectivity index (χ2v) is 8.65. The van der Waals surface area contributed by atoms with Crippen molar-refractivity contribution in [1.29, 1.82) is 0 Å². The predicted octanol–water partition coefficient (Wildman–Crippen LogP) is 1.58. The minimum absolute atomic E-state index is 0.0141. The lowest BCUT2D eigenvalue weighted by Crippen LogP contribution is -2.61. The molecule has 9 heteroatoms. The summed E-state index contributed by atoms with van der Waals surface area (Å²) in [5.41, 5.74) is 1.29. The largest absolute Gasteiger partial charge is 0.496 e. The van der Waals surface area contributed by atoms with Crippen molar-refractivity contribution in [2.75, 3.05) is 33.4 Å². The quantitative estimate of drug-likeness (QED) is 0.731. The molecule has 1 atom stereocenters. The van der Waals surface area contributed by atoms with E-state index in [2.05, 4.69) is 15.4 Å². The van der Waals surface area contributed by atoms with Crippen LogP contribution in [0.25, 0.3) is 0 Å². The van der Waals surface area contributed by atoms with Crippen molar-refractivity contribution in [3.63, 3.8) is 0 Å². The van der Waals surface area contributed by atoms with Crippen molar-refractivity contribution >= 4 is 11.8 Å². The highest BCUT2D eigenvalue weighted by atomic mass is 16.5. The molecule has 1 unspecified atom stereocenters. The molecule has 4 rings (SSSR count). The molecule has 32 heavy (non-hydrogen) atoms. The lowest BCUT2D eigenvalue weighted by atomic mass is 9.69. The first kappa shape index (κ1) is 22.3. The fourth-order valence-electron chi connectivity index (χ4n) is 4.79. The van der Waals surface area contributed by atoms with Crippen LogP contribution in [0.4, 0.5) is 0 Å². The molecule has 0 radical (unpaired) electrons. The molecule has 0 aliphatic carbocycles. The van der Waals surface area contributed by atoms with Gasteiger partial charge in [0.1, 0.15) is 5.75 Å². The molecule has 2 amide bonds. The van der Waals surface area contributed by atoms with E-state index in [-0.39, 0.29) is 23.3 Å². The topological polar surface area (TPSA) is 98.6 Å². The minimum atomic E-state index is -0.122. The molecule has 4 heterocycles. The Morgan fingerprint density at radius 1 is 1.28 bits per heavy atom. The third-order valence-corrected chi connectivity index (χ3v) is 6.74. The lowest BCUT2D eigenvalue weighted by Gasteiger charge is -2.50. The van der Waals surface area contributed by atoms with Gasteiger partial charge in [0.2, 0.25) is 5.91 Å². The van der Waals surface area contributed by atoms with E-state index in [4.69, 9.17) is 9.47 Å². The van der Waals surface area contributed by atoms with E-state index < -0.39 is 0 Å². The summed E-state index contributed by atoms with van der Waals surface area (Å²) >= 11 is 0. The van der Waals surface area contributed by atoms with Crippen LogP contribution in [0.1, 0.15) is 41.7 Å². The summed E-state index contributed by atoms with van der Waals surface area (Å²) in [6.07, 6.45) is 8.58. The van der Waals surface area contributed by atoms with Crippen LogP contribution in [0.2, 0.25) is 0 Å². The SMILES string of the molecule is COc1ccncc1C(=O)N1CCC2(CCOCC2)C(NC(=O)CCc2ccn(C)n2)C1. The van der Waals surface area contributed by atoms with Crippen LogP contribution in [-0.2, 0) is 23.0 Å². The van der Waals surface area contributed by atoms with E-state index in [0.717, 1.165) is 25.0 Å². The molecule has 1 spiro atoms. The van der Waals surface area contributed by atoms with Gasteiger partial charge >= 0.3 is 0 Å². The van der Waals surface area contributed by atoms with Gasteiger partial charge < -0.3 is 19.7 Å². The summed E-state index contributed by atoms with van der Waals surface area (Å²) in [5.74, 6) is 0.372. The van der Waals surface area contributed by atoms with Crippen LogP contribution in [0.3, 0.4) is 0 Å². The summed E-state index contributed by atoms with van der Waals surface area (Å²) in [5, 5.41) is 7.60. The number of carbonyl (C=O) groups is 2. The number of amides is 2. The van der Waals surface area contributed by atoms with Crippen LogP contribution in [0.5, 0.6) is 5.75 Å². The van der Waals surface area contributed by atoms with Gasteiger partial charge in [-0.15, -0.1) is 0 Å². The fourth-order valence-corrected chi connectivity index (χ4v) is 4.79. The smallest absolute Gasteiger partial charge is 0.259 e. The van der Waals surface area contributed by atoms with Crippen LogP contribution < -0.4 is 10.1 Å². The number of aromatic nitrogens is 3. The maximum atomic E-state index is 13.3. The second-order valence-electron chi connectivity index (χ2n) is 8.65. The predicted molar refractivity (Wildman–Crippen MR) is 117 cm³/mol. The first-order chi connectivity index (χ1) is 15.5. The fraction of sp³-hybridized carbons (Fsp3) is 0.565. The molecule has 2 saturated heterocycles. The lowest BCUT2D eigenvalue weighted by molar-refractivity contribution is -0.125. The Balaban J connectivity index is 1.47. The van der Waals surface area contributed by atoms with Crippen LogP contribution >= 0.6 is 0 Å². The Morgan fingerprint density at radius 2 is 2.09 bits per heavy atom. The zero-order valence-corrected chi connectivity index (χ0v) is 18.7. The normalized spacial score (nSPS) is 20.2. The third kappa shape index (κ3) is 4.77. The van der Waals surface area contributed by atoms with Gasteiger partial charge in [0.25, 0.3) is 5.91 Å². The molecule has 2 aliphatic rings. The number of nitrogens with zero attached hydrogens (tertiary/aromatic N) is 4. The highest BCUT2D eigenvalue weighted by Crippen LogP contribution is 2.41. The molecule has 2 aromatic heterocycles. The highest BCUT2D eigenvalue weighted by Gasteiger charge is 2.45. The number of methoxy groups -OCH3 is 1. The number of hydrogen-bond acceptors (Lipinski definition) is 6. The molecular weight excluding hydrogens is 410 g/mol. The number of rotatable bonds is 6. The highest BCUT2D eigenvalue weighted by molar-refractivity contribution is 5.96. The summed E-state index contributed by atoms with van der Waals surface area (Å²) in [6, 6.07) is 3.49. The van der Waals surface area contributed by atoms with E-state index in [9.17, 15) is 9.59 Å². The van der Waals surface area contributed by atoms with Gasteiger partial charge in [-0.2, -0.15) is 5.10 Å². The third-order valence-electron chi connectivity index (χ3n) is 6.74. The number of likely N-dealkylation sites (tertiary alicyclic amines) is 1. The Kier molecular flexibility index (Phi) is 6.74. The van der Waals surface area contributed by atoms with Gasteiger partial charge in [0.15, 0.2) is 0 Å². The summed E-state index contributed by atoms with van der Waals surface area (Å²) in [4.78, 5) is 32.0. The number of piperidine rings is 1. The number of hydrogen-bond donors (Lipinski definition) is 1. The Labute approximate surface area is 188 Å². The van der Waals surface area contributed by atoms with Crippen molar-refractivity contribution in [3.05, 3.63) is 42.0 Å². The van der Waals surface area contributed by atoms with E-state index in [1.165, 1.54) is 0 Å². The van der Waals surface area contributed by atoms with E-state index in [0.29, 0.717) is 50.5 Å². The van der Waals surface area contributed by atoms with Crippen molar-refractivity contribution in [2.24, 2.45) is 12.5 Å². The van der Waals surface area contributed by atoms with E-state index in [1.54, 1.807) is 30.3 Å². The van der Waals surface area contributed by atoms with Gasteiger partial charge in [-0.1, -0.05) is 0 Å². The first-order valence-corrected chi connectivity index (χ1v) is 11.1. The molecule has 172 valence electrons. The van der Waals surface area contributed by atoms with E-state index in [1.807, 2.05) is 24.2 Å².